The molecule has 80 heavy (non-hydrogen) atoms. The van der Waals surface area contributed by atoms with E-state index in [1.165, 1.54) is 70.6 Å². The van der Waals surface area contributed by atoms with E-state index < -0.39 is 67.0 Å². The van der Waals surface area contributed by atoms with Gasteiger partial charge < -0.3 is 158 Å². The van der Waals surface area contributed by atoms with E-state index in [9.17, 15) is 4.79 Å². The summed E-state index contributed by atoms with van der Waals surface area (Å²) in [4.78, 5) is 10.3. The monoisotopic (exact) mass is 1200 g/mol. The number of carbonyl (C=O) groups is 1. The zero-order valence-electron chi connectivity index (χ0n) is 46.7. The highest BCUT2D eigenvalue weighted by molar-refractivity contribution is 5.66. The van der Waals surface area contributed by atoms with Gasteiger partial charge in [-0.25, -0.2) is 0 Å². The van der Waals surface area contributed by atoms with E-state index in [0.29, 0.717) is 6.42 Å². The number of aliphatic hydroxyl groups is 30. The lowest BCUT2D eigenvalue weighted by molar-refractivity contribution is -0.137. The minimum atomic E-state index is -0.954. The summed E-state index contributed by atoms with van der Waals surface area (Å²) in [5, 5.41) is 249. The summed E-state index contributed by atoms with van der Waals surface area (Å²) in [5.41, 5.74) is 0. The van der Waals surface area contributed by atoms with Crippen molar-refractivity contribution in [1.29, 1.82) is 0 Å². The van der Waals surface area contributed by atoms with Crippen LogP contribution in [0.25, 0.3) is 0 Å². The van der Waals surface area contributed by atoms with E-state index in [0.717, 1.165) is 12.8 Å². The molecule has 31 N–H and O–H groups in total. The predicted molar refractivity (Wildman–Crippen MR) is 289 cm³/mol. The fourth-order valence-electron chi connectivity index (χ4n) is 2.92. The lowest BCUT2D eigenvalue weighted by Gasteiger charge is -1.99. The lowest BCUT2D eigenvalue weighted by Crippen LogP contribution is -2.15. The third kappa shape index (κ3) is 141. The Labute approximate surface area is 470 Å². The highest BCUT2D eigenvalue weighted by Gasteiger charge is 2.00. The first kappa shape index (κ1) is 103. The van der Waals surface area contributed by atoms with Gasteiger partial charge in [0, 0.05) is 6.42 Å². The van der Waals surface area contributed by atoms with Crippen LogP contribution < -0.4 is 0 Å². The molecule has 0 fully saturated rings. The molecule has 0 aromatic carbocycles. The molecule has 32 heteroatoms. The average molecular weight is 1200 g/mol. The summed E-state index contributed by atoms with van der Waals surface area (Å²) in [6.45, 7) is -5.03. The molecule has 498 valence electrons. The fraction of sp³-hybridized carbons (Fsp3) is 0.938. The molecule has 0 saturated carbocycles. The van der Waals surface area contributed by atoms with E-state index in [-0.39, 0.29) is 132 Å². The fourth-order valence-corrected chi connectivity index (χ4v) is 2.92. The first-order chi connectivity index (χ1) is 37.9. The topological polar surface area (TPSA) is 644 Å². The molecule has 0 aliphatic heterocycles. The van der Waals surface area contributed by atoms with Crippen molar-refractivity contribution in [3.8, 4) is 0 Å². The number of aliphatic carboxylic acids is 1. The number of hydrogen-bond donors (Lipinski definition) is 31. The van der Waals surface area contributed by atoms with Crippen molar-refractivity contribution in [3.05, 3.63) is 12.2 Å². The molecule has 0 atom stereocenters. The largest absolute Gasteiger partial charge is 0.481 e. The summed E-state index contributed by atoms with van der Waals surface area (Å²) < 4.78 is 0. The molecule has 0 rings (SSSR count). The first-order valence-electron chi connectivity index (χ1n) is 25.7. The molecule has 0 amide bonds. The normalized spacial score (nSPS) is 10.3. The number of hydrogen-bond acceptors (Lipinski definition) is 31. The maximum atomic E-state index is 10.3. The Bertz CT molecular complexity index is 798. The van der Waals surface area contributed by atoms with Crippen LogP contribution in [0.3, 0.4) is 0 Å². The summed E-state index contributed by atoms with van der Waals surface area (Å²) in [7, 11) is 0. The number of carboxylic acids is 1. The van der Waals surface area contributed by atoms with Crippen LogP contribution in [0, 0.1) is 0 Å². The van der Waals surface area contributed by atoms with Gasteiger partial charge in [-0.2, -0.15) is 0 Å². The summed E-state index contributed by atoms with van der Waals surface area (Å²) in [6.07, 6.45) is 11.7. The number of carboxylic acid groups (broad SMARTS) is 1. The van der Waals surface area contributed by atoms with Crippen LogP contribution in [0.4, 0.5) is 0 Å². The Morgan fingerprint density at radius 1 is 0.250 bits per heavy atom. The van der Waals surface area contributed by atoms with Gasteiger partial charge in [0.25, 0.3) is 0 Å². The Morgan fingerprint density at radius 2 is 0.388 bits per heavy atom. The van der Waals surface area contributed by atoms with Crippen molar-refractivity contribution in [3.63, 3.8) is 0 Å². The van der Waals surface area contributed by atoms with Gasteiger partial charge in [0.2, 0.25) is 0 Å². The second-order valence-corrected chi connectivity index (χ2v) is 15.9. The molecule has 0 radical (unpaired) electrons. The van der Waals surface area contributed by atoms with Crippen molar-refractivity contribution in [2.45, 2.75) is 158 Å². The van der Waals surface area contributed by atoms with Crippen molar-refractivity contribution in [1.82, 2.24) is 0 Å². The molecule has 32 nitrogen and oxygen atoms in total. The quantitative estimate of drug-likeness (QED) is 0.0207. The van der Waals surface area contributed by atoms with Crippen molar-refractivity contribution in [2.24, 2.45) is 0 Å². The van der Waals surface area contributed by atoms with Gasteiger partial charge in [-0.15, -0.1) is 0 Å². The molecule has 0 aromatic rings. The smallest absolute Gasteiger partial charge is 0.303 e. The van der Waals surface area contributed by atoms with E-state index in [2.05, 4.69) is 19.1 Å². The minimum absolute atomic E-state index is 0.332. The Kier molecular flexibility index (Phi) is 128. The third-order valence-corrected chi connectivity index (χ3v) is 7.87. The summed E-state index contributed by atoms with van der Waals surface area (Å²) in [5.74, 6) is -0.664. The maximum Gasteiger partial charge on any atom is 0.303 e. The van der Waals surface area contributed by atoms with Crippen molar-refractivity contribution >= 4 is 5.97 Å². The van der Waals surface area contributed by atoms with E-state index >= 15 is 0 Å². The van der Waals surface area contributed by atoms with Gasteiger partial charge in [-0.3, -0.25) is 4.79 Å². The van der Waals surface area contributed by atoms with Gasteiger partial charge in [0.1, 0.15) is 61.0 Å². The SMILES string of the molecule is CCCCCCCCC=CCCCCCCCC(=O)O.OCC(O)CO.OCC(O)CO.OCC(O)CO.OCC(O)CO.OCC(O)CO.OCC(O)CO.OCC(O)CO.OCC(O)CO.OCC(O)CO.OCC(O)CO. The zero-order valence-corrected chi connectivity index (χ0v) is 46.7. The zero-order chi connectivity index (χ0) is 64.8. The van der Waals surface area contributed by atoms with Gasteiger partial charge in [-0.1, -0.05) is 70.4 Å². The molecule has 0 heterocycles. The minimum Gasteiger partial charge on any atom is -0.481 e. The molecule has 0 bridgehead atoms. The highest BCUT2D eigenvalue weighted by Crippen LogP contribution is 2.10. The molecule has 0 unspecified atom stereocenters. The Morgan fingerprint density at radius 3 is 0.512 bits per heavy atom. The number of aliphatic hydroxyl groups excluding tert-OH is 30. The van der Waals surface area contributed by atoms with Gasteiger partial charge in [0.15, 0.2) is 0 Å². The molecule has 0 aliphatic rings. The van der Waals surface area contributed by atoms with E-state index in [1.54, 1.807) is 0 Å². The molecular weight excluding hydrogens is 1090 g/mol. The number of unbranched alkanes of at least 4 members (excludes halogenated alkanes) is 11. The van der Waals surface area contributed by atoms with Crippen LogP contribution in [-0.4, -0.2) is 357 Å². The Hall–Kier alpha value is -1.99. The number of rotatable bonds is 35. The van der Waals surface area contributed by atoms with Gasteiger partial charge in [-0.05, 0) is 32.1 Å². The second kappa shape index (κ2) is 99.1. The van der Waals surface area contributed by atoms with Gasteiger partial charge in [0.05, 0.1) is 132 Å². The molecule has 0 saturated heterocycles. The van der Waals surface area contributed by atoms with Crippen LogP contribution in [0.15, 0.2) is 12.2 Å². The van der Waals surface area contributed by atoms with E-state index in [1.807, 2.05) is 0 Å². The molecular formula is C48H114O32. The average Bonchev–Trinajstić information content (AvgIpc) is 3.50. The van der Waals surface area contributed by atoms with Crippen LogP contribution in [-0.2, 0) is 4.79 Å². The summed E-state index contributed by atoms with van der Waals surface area (Å²) in [6, 6.07) is 0. The predicted octanol–water partition coefficient (Wildman–Crippen LogP) is -10.6. The molecule has 0 aromatic heterocycles. The van der Waals surface area contributed by atoms with Crippen LogP contribution in [0.5, 0.6) is 0 Å². The summed E-state index contributed by atoms with van der Waals surface area (Å²) >= 11 is 0. The Balaban J connectivity index is -0.0000000761. The van der Waals surface area contributed by atoms with Crippen LogP contribution in [0.2, 0.25) is 0 Å². The second-order valence-electron chi connectivity index (χ2n) is 15.9. The molecule has 0 aliphatic carbocycles. The van der Waals surface area contributed by atoms with Crippen molar-refractivity contribution in [2.75, 3.05) is 132 Å². The van der Waals surface area contributed by atoms with Gasteiger partial charge >= 0.3 is 5.97 Å². The standard InChI is InChI=1S/C18H34O2.10C3H8O3/c1-2-3-4-5-6-7-8-9-10-11-12-13-14-15-16-17-18(19)20;10*4-1-3(6)2-5/h9-10H,2-8,11-17H2,1H3,(H,19,20);10*3-6H,1-2H2. The van der Waals surface area contributed by atoms with E-state index in [4.69, 9.17) is 158 Å². The highest BCUT2D eigenvalue weighted by atomic mass is 16.4. The third-order valence-electron chi connectivity index (χ3n) is 7.87. The van der Waals surface area contributed by atoms with Crippen LogP contribution >= 0.6 is 0 Å². The molecule has 0 spiro atoms. The maximum absolute atomic E-state index is 10.3. The first-order valence-corrected chi connectivity index (χ1v) is 25.7. The van der Waals surface area contributed by atoms with Crippen LogP contribution in [0.1, 0.15) is 96.8 Å². The van der Waals surface area contributed by atoms with Crippen molar-refractivity contribution < 1.29 is 163 Å². The number of allylic oxidation sites excluding steroid dienone is 2. The lowest BCUT2D eigenvalue weighted by atomic mass is 10.1.